The van der Waals surface area contributed by atoms with Crippen LogP contribution in [0.25, 0.3) is 16.6 Å². The Morgan fingerprint density at radius 1 is 1.07 bits per heavy atom. The van der Waals surface area contributed by atoms with E-state index in [0.717, 1.165) is 30.1 Å². The number of hydrogen-bond acceptors (Lipinski definition) is 3. The molecule has 1 amide bonds. The first-order chi connectivity index (χ1) is 14.1. The molecule has 0 fully saturated rings. The Morgan fingerprint density at radius 3 is 2.62 bits per heavy atom. The Labute approximate surface area is 170 Å². The molecule has 29 heavy (non-hydrogen) atoms. The normalized spacial score (nSPS) is 11.2. The van der Waals surface area contributed by atoms with Gasteiger partial charge in [0.1, 0.15) is 5.82 Å². The number of nitrogens with two attached hydrogens (primary N) is 1. The van der Waals surface area contributed by atoms with Crippen LogP contribution in [-0.2, 0) is 24.4 Å². The lowest BCUT2D eigenvalue weighted by Gasteiger charge is -2.12. The largest absolute Gasteiger partial charge is 0.370 e. The lowest BCUT2D eigenvalue weighted by molar-refractivity contribution is -0.118. The summed E-state index contributed by atoms with van der Waals surface area (Å²) in [5.41, 5.74) is 10.0. The van der Waals surface area contributed by atoms with Gasteiger partial charge in [0.05, 0.1) is 5.69 Å². The highest BCUT2D eigenvalue weighted by Gasteiger charge is 2.10. The van der Waals surface area contributed by atoms with Crippen molar-refractivity contribution in [3.8, 4) is 5.69 Å². The average molecular weight is 387 g/mol. The van der Waals surface area contributed by atoms with Crippen LogP contribution in [0.1, 0.15) is 23.4 Å². The van der Waals surface area contributed by atoms with Gasteiger partial charge in [-0.25, -0.2) is 4.98 Å². The van der Waals surface area contributed by atoms with E-state index in [1.165, 1.54) is 16.5 Å². The molecule has 6 heteroatoms. The third-order valence-electron chi connectivity index (χ3n) is 5.18. The number of hydrogen-bond donors (Lipinski definition) is 2. The van der Waals surface area contributed by atoms with Crippen LogP contribution in [0, 0.1) is 6.92 Å². The lowest BCUT2D eigenvalue weighted by Crippen LogP contribution is -2.15. The van der Waals surface area contributed by atoms with E-state index in [1.807, 2.05) is 37.5 Å². The van der Waals surface area contributed by atoms with Crippen molar-refractivity contribution in [1.82, 2.24) is 19.4 Å². The van der Waals surface area contributed by atoms with Crippen molar-refractivity contribution in [1.29, 1.82) is 0 Å². The van der Waals surface area contributed by atoms with Gasteiger partial charge in [-0.15, -0.1) is 0 Å². The van der Waals surface area contributed by atoms with E-state index in [0.29, 0.717) is 13.0 Å². The standard InChI is InChI=1S/C23H25N5O/c1-17-26-11-13-28(17)21-8-4-2-6-18(21)14-25-15-19-16-27(12-10-23(24)29)22-9-5-3-7-20(19)22/h2-9,11,13,16,25H,10,12,14-15H2,1H3,(H2,24,29). The molecule has 0 atom stereocenters. The van der Waals surface area contributed by atoms with Gasteiger partial charge < -0.3 is 20.2 Å². The van der Waals surface area contributed by atoms with E-state index >= 15 is 0 Å². The molecule has 148 valence electrons. The van der Waals surface area contributed by atoms with Gasteiger partial charge >= 0.3 is 0 Å². The van der Waals surface area contributed by atoms with Crippen LogP contribution in [0.3, 0.4) is 0 Å². The predicted molar refractivity (Wildman–Crippen MR) is 115 cm³/mol. The molecule has 2 heterocycles. The molecular formula is C23H25N5O. The summed E-state index contributed by atoms with van der Waals surface area (Å²) in [6, 6.07) is 16.6. The summed E-state index contributed by atoms with van der Waals surface area (Å²) in [6.07, 6.45) is 6.26. The van der Waals surface area contributed by atoms with Crippen molar-refractivity contribution in [2.24, 2.45) is 5.73 Å². The fraction of sp³-hybridized carbons (Fsp3) is 0.217. The summed E-state index contributed by atoms with van der Waals surface area (Å²) in [4.78, 5) is 15.5. The Bertz CT molecular complexity index is 1140. The molecule has 0 aliphatic rings. The minimum atomic E-state index is -0.283. The first kappa shape index (κ1) is 19.0. The number of imidazole rings is 1. The minimum absolute atomic E-state index is 0.283. The molecule has 0 aliphatic carbocycles. The number of benzene rings is 2. The van der Waals surface area contributed by atoms with Crippen LogP contribution < -0.4 is 11.1 Å². The molecule has 3 N–H and O–H groups in total. The number of aromatic nitrogens is 3. The summed E-state index contributed by atoms with van der Waals surface area (Å²) in [7, 11) is 0. The summed E-state index contributed by atoms with van der Waals surface area (Å²) < 4.78 is 4.21. The topological polar surface area (TPSA) is 77.9 Å². The van der Waals surface area contributed by atoms with Crippen LogP contribution in [0.4, 0.5) is 0 Å². The highest BCUT2D eigenvalue weighted by atomic mass is 16.1. The second-order valence-corrected chi connectivity index (χ2v) is 7.16. The number of aryl methyl sites for hydroxylation is 2. The van der Waals surface area contributed by atoms with E-state index in [1.54, 1.807) is 0 Å². The number of nitrogens with one attached hydrogen (secondary N) is 1. The number of para-hydroxylation sites is 2. The number of rotatable bonds is 8. The maximum atomic E-state index is 11.2. The number of amides is 1. The summed E-state index contributed by atoms with van der Waals surface area (Å²) in [5, 5.41) is 4.77. The van der Waals surface area contributed by atoms with Gasteiger partial charge in [-0.05, 0) is 30.2 Å². The summed E-state index contributed by atoms with van der Waals surface area (Å²) >= 11 is 0. The molecule has 0 unspecified atom stereocenters. The molecule has 2 aromatic carbocycles. The zero-order chi connectivity index (χ0) is 20.2. The van der Waals surface area contributed by atoms with Crippen molar-refractivity contribution in [3.63, 3.8) is 0 Å². The van der Waals surface area contributed by atoms with Crippen molar-refractivity contribution >= 4 is 16.8 Å². The monoisotopic (exact) mass is 387 g/mol. The number of nitrogens with zero attached hydrogens (tertiary/aromatic N) is 3. The second kappa shape index (κ2) is 8.32. The zero-order valence-corrected chi connectivity index (χ0v) is 16.5. The van der Waals surface area contributed by atoms with Crippen LogP contribution in [-0.4, -0.2) is 20.0 Å². The maximum absolute atomic E-state index is 11.2. The Morgan fingerprint density at radius 2 is 1.83 bits per heavy atom. The van der Waals surface area contributed by atoms with Crippen molar-refractivity contribution in [2.45, 2.75) is 33.0 Å². The zero-order valence-electron chi connectivity index (χ0n) is 16.5. The van der Waals surface area contributed by atoms with Crippen LogP contribution in [0.5, 0.6) is 0 Å². The van der Waals surface area contributed by atoms with Gasteiger partial charge in [-0.2, -0.15) is 0 Å². The van der Waals surface area contributed by atoms with Crippen molar-refractivity contribution < 1.29 is 4.79 Å². The molecule has 4 rings (SSSR count). The first-order valence-corrected chi connectivity index (χ1v) is 9.77. The Hall–Kier alpha value is -3.38. The number of fused-ring (bicyclic) bond motifs is 1. The molecule has 0 spiro atoms. The van der Waals surface area contributed by atoms with Gasteiger partial charge in [0.25, 0.3) is 0 Å². The van der Waals surface area contributed by atoms with Crippen LogP contribution in [0.15, 0.2) is 67.1 Å². The fourth-order valence-electron chi connectivity index (χ4n) is 3.74. The van der Waals surface area contributed by atoms with E-state index in [-0.39, 0.29) is 5.91 Å². The highest BCUT2D eigenvalue weighted by molar-refractivity contribution is 5.84. The van der Waals surface area contributed by atoms with Crippen LogP contribution >= 0.6 is 0 Å². The van der Waals surface area contributed by atoms with E-state index in [4.69, 9.17) is 5.73 Å². The van der Waals surface area contributed by atoms with Gasteiger partial charge in [0.15, 0.2) is 0 Å². The molecule has 0 saturated carbocycles. The smallest absolute Gasteiger partial charge is 0.219 e. The minimum Gasteiger partial charge on any atom is -0.370 e. The van der Waals surface area contributed by atoms with Crippen molar-refractivity contribution in [3.05, 3.63) is 84.1 Å². The SMILES string of the molecule is Cc1nccn1-c1ccccc1CNCc1cn(CCC(N)=O)c2ccccc12. The van der Waals surface area contributed by atoms with Gasteiger partial charge in [-0.3, -0.25) is 4.79 Å². The molecule has 0 aliphatic heterocycles. The molecule has 0 bridgehead atoms. The number of primary amides is 1. The quantitative estimate of drug-likeness (QED) is 0.487. The third kappa shape index (κ3) is 4.07. The van der Waals surface area contributed by atoms with E-state index < -0.39 is 0 Å². The van der Waals surface area contributed by atoms with Crippen LogP contribution in [0.2, 0.25) is 0 Å². The van der Waals surface area contributed by atoms with E-state index in [9.17, 15) is 4.79 Å². The molecule has 4 aromatic rings. The number of carbonyl (C=O) groups excluding carboxylic acids is 1. The lowest BCUT2D eigenvalue weighted by atomic mass is 10.1. The highest BCUT2D eigenvalue weighted by Crippen LogP contribution is 2.22. The second-order valence-electron chi connectivity index (χ2n) is 7.16. The Balaban J connectivity index is 1.52. The van der Waals surface area contributed by atoms with Gasteiger partial charge in [-0.1, -0.05) is 36.4 Å². The molecule has 0 radical (unpaired) electrons. The van der Waals surface area contributed by atoms with Crippen molar-refractivity contribution in [2.75, 3.05) is 0 Å². The molecule has 0 saturated heterocycles. The third-order valence-corrected chi connectivity index (χ3v) is 5.18. The predicted octanol–water partition coefficient (Wildman–Crippen LogP) is 3.30. The molecular weight excluding hydrogens is 362 g/mol. The first-order valence-electron chi connectivity index (χ1n) is 9.77. The summed E-state index contributed by atoms with van der Waals surface area (Å²) in [6.45, 7) is 4.08. The Kier molecular flexibility index (Phi) is 5.44. The molecule has 6 nitrogen and oxygen atoms in total. The summed E-state index contributed by atoms with van der Waals surface area (Å²) in [5.74, 6) is 0.684. The average Bonchev–Trinajstić information content (AvgIpc) is 3.31. The van der Waals surface area contributed by atoms with E-state index in [2.05, 4.69) is 56.0 Å². The molecule has 2 aromatic heterocycles. The fourth-order valence-corrected chi connectivity index (χ4v) is 3.74. The number of carbonyl (C=O) groups is 1. The van der Waals surface area contributed by atoms with Gasteiger partial charge in [0.2, 0.25) is 5.91 Å². The van der Waals surface area contributed by atoms with Gasteiger partial charge in [0, 0.05) is 55.5 Å². The maximum Gasteiger partial charge on any atom is 0.219 e.